The summed E-state index contributed by atoms with van der Waals surface area (Å²) in [6.45, 7) is 6.42. The predicted octanol–water partition coefficient (Wildman–Crippen LogP) is 5.11. The molecular weight excluding hydrogens is 372 g/mol. The van der Waals surface area contributed by atoms with Crippen molar-refractivity contribution in [2.24, 2.45) is 4.99 Å². The normalized spacial score (nSPS) is 17.0. The molecule has 2 aromatic rings. The van der Waals surface area contributed by atoms with Crippen LogP contribution in [0.2, 0.25) is 0 Å². The van der Waals surface area contributed by atoms with Gasteiger partial charge in [0, 0.05) is 7.05 Å². The minimum absolute atomic E-state index is 0.0563. The van der Waals surface area contributed by atoms with Gasteiger partial charge < -0.3 is 9.47 Å². The van der Waals surface area contributed by atoms with Crippen molar-refractivity contribution in [2.75, 3.05) is 13.7 Å². The molecule has 0 spiro atoms. The Bertz CT molecular complexity index is 907. The number of hydrogen-bond donors (Lipinski definition) is 0. The highest BCUT2D eigenvalue weighted by molar-refractivity contribution is 8.18. The van der Waals surface area contributed by atoms with Gasteiger partial charge in [-0.1, -0.05) is 24.3 Å². The number of carbonyl (C=O) groups excluding carboxylic acids is 1. The van der Waals surface area contributed by atoms with Gasteiger partial charge in [0.05, 0.1) is 23.3 Å². The first-order valence-corrected chi connectivity index (χ1v) is 10.0. The molecule has 6 heteroatoms. The van der Waals surface area contributed by atoms with Crippen LogP contribution in [-0.4, -0.2) is 35.7 Å². The van der Waals surface area contributed by atoms with E-state index in [4.69, 9.17) is 9.47 Å². The quantitative estimate of drug-likeness (QED) is 0.637. The van der Waals surface area contributed by atoms with Crippen molar-refractivity contribution in [1.82, 2.24) is 4.90 Å². The molecule has 0 radical (unpaired) electrons. The minimum atomic E-state index is -0.0693. The summed E-state index contributed by atoms with van der Waals surface area (Å²) in [6, 6.07) is 15.3. The SMILES string of the molecule is CCOc1cc(/C=C2/SC(=Nc3ccccc3)N(C)C2=O)ccc1OC(C)C. The third-order valence-electron chi connectivity index (χ3n) is 3.91. The Morgan fingerprint density at radius 3 is 2.57 bits per heavy atom. The molecule has 0 N–H and O–H groups in total. The second-order valence-electron chi connectivity index (χ2n) is 6.51. The van der Waals surface area contributed by atoms with Crippen LogP contribution in [-0.2, 0) is 4.79 Å². The maximum Gasteiger partial charge on any atom is 0.266 e. The average molecular weight is 397 g/mol. The number of amidine groups is 1. The van der Waals surface area contributed by atoms with Gasteiger partial charge in [-0.2, -0.15) is 0 Å². The Morgan fingerprint density at radius 1 is 1.14 bits per heavy atom. The molecule has 1 amide bonds. The molecule has 1 aliphatic heterocycles. The molecule has 0 aliphatic carbocycles. The van der Waals surface area contributed by atoms with E-state index in [1.54, 1.807) is 11.9 Å². The molecule has 0 aromatic heterocycles. The van der Waals surface area contributed by atoms with Crippen molar-refractivity contribution in [3.63, 3.8) is 0 Å². The van der Waals surface area contributed by atoms with Crippen molar-refractivity contribution < 1.29 is 14.3 Å². The van der Waals surface area contributed by atoms with E-state index in [9.17, 15) is 4.79 Å². The van der Waals surface area contributed by atoms with Crippen LogP contribution in [0.3, 0.4) is 0 Å². The van der Waals surface area contributed by atoms with Gasteiger partial charge in [0.25, 0.3) is 5.91 Å². The monoisotopic (exact) mass is 396 g/mol. The lowest BCUT2D eigenvalue weighted by molar-refractivity contribution is -0.121. The third kappa shape index (κ3) is 4.75. The van der Waals surface area contributed by atoms with E-state index in [1.165, 1.54) is 11.8 Å². The van der Waals surface area contributed by atoms with Crippen LogP contribution < -0.4 is 9.47 Å². The van der Waals surface area contributed by atoms with Gasteiger partial charge in [0.2, 0.25) is 0 Å². The molecule has 5 nitrogen and oxygen atoms in total. The largest absolute Gasteiger partial charge is 0.490 e. The van der Waals surface area contributed by atoms with Crippen LogP contribution in [0.1, 0.15) is 26.3 Å². The summed E-state index contributed by atoms with van der Waals surface area (Å²) in [5, 5.41) is 0.659. The number of nitrogens with zero attached hydrogens (tertiary/aromatic N) is 2. The van der Waals surface area contributed by atoms with Crippen molar-refractivity contribution in [3.8, 4) is 11.5 Å². The third-order valence-corrected chi connectivity index (χ3v) is 4.97. The number of carbonyl (C=O) groups is 1. The van der Waals surface area contributed by atoms with Gasteiger partial charge in [0.15, 0.2) is 16.7 Å². The molecule has 0 atom stereocenters. The van der Waals surface area contributed by atoms with Gasteiger partial charge in [-0.05, 0) is 68.4 Å². The standard InChI is InChI=1S/C22H24N2O3S/c1-5-26-19-13-16(11-12-18(19)27-15(2)3)14-20-21(25)24(4)22(28-20)23-17-9-7-6-8-10-17/h6-15H,5H2,1-4H3/b20-14+,23-22?. The molecule has 1 heterocycles. The van der Waals surface area contributed by atoms with Gasteiger partial charge in [0.1, 0.15) is 0 Å². The number of amides is 1. The predicted molar refractivity (Wildman–Crippen MR) is 115 cm³/mol. The van der Waals surface area contributed by atoms with E-state index in [1.807, 2.05) is 75.4 Å². The molecule has 0 unspecified atom stereocenters. The van der Waals surface area contributed by atoms with Gasteiger partial charge in [-0.15, -0.1) is 0 Å². The minimum Gasteiger partial charge on any atom is -0.490 e. The molecule has 2 aromatic carbocycles. The summed E-state index contributed by atoms with van der Waals surface area (Å²) in [6.07, 6.45) is 1.92. The summed E-state index contributed by atoms with van der Waals surface area (Å²) >= 11 is 1.37. The van der Waals surface area contributed by atoms with Crippen LogP contribution in [0, 0.1) is 0 Å². The zero-order valence-electron chi connectivity index (χ0n) is 16.5. The topological polar surface area (TPSA) is 51.1 Å². The Hall–Kier alpha value is -2.73. The van der Waals surface area contributed by atoms with E-state index in [0.29, 0.717) is 28.2 Å². The molecule has 1 aliphatic rings. The molecule has 1 saturated heterocycles. The van der Waals surface area contributed by atoms with Crippen LogP contribution >= 0.6 is 11.8 Å². The number of ether oxygens (including phenoxy) is 2. The Balaban J connectivity index is 1.87. The van der Waals surface area contributed by atoms with E-state index < -0.39 is 0 Å². The fourth-order valence-electron chi connectivity index (χ4n) is 2.65. The lowest BCUT2D eigenvalue weighted by Crippen LogP contribution is -2.23. The van der Waals surface area contributed by atoms with Crippen molar-refractivity contribution >= 4 is 34.6 Å². The Morgan fingerprint density at radius 2 is 1.89 bits per heavy atom. The van der Waals surface area contributed by atoms with Crippen LogP contribution in [0.15, 0.2) is 58.4 Å². The van der Waals surface area contributed by atoms with Crippen molar-refractivity contribution in [2.45, 2.75) is 26.9 Å². The van der Waals surface area contributed by atoms with Crippen LogP contribution in [0.5, 0.6) is 11.5 Å². The lowest BCUT2D eigenvalue weighted by atomic mass is 10.2. The zero-order valence-corrected chi connectivity index (χ0v) is 17.3. The van der Waals surface area contributed by atoms with Gasteiger partial charge >= 0.3 is 0 Å². The highest BCUT2D eigenvalue weighted by Gasteiger charge is 2.30. The average Bonchev–Trinajstić information content (AvgIpc) is 2.92. The first kappa shape index (κ1) is 20.0. The van der Waals surface area contributed by atoms with E-state index in [-0.39, 0.29) is 12.0 Å². The molecule has 28 heavy (non-hydrogen) atoms. The summed E-state index contributed by atoms with van der Waals surface area (Å²) in [5.41, 5.74) is 1.70. The highest BCUT2D eigenvalue weighted by atomic mass is 32.2. The Kier molecular flexibility index (Phi) is 6.41. The number of aliphatic imine (C=N–C) groups is 1. The van der Waals surface area contributed by atoms with Crippen LogP contribution in [0.25, 0.3) is 6.08 Å². The van der Waals surface area contributed by atoms with Crippen LogP contribution in [0.4, 0.5) is 5.69 Å². The highest BCUT2D eigenvalue weighted by Crippen LogP contribution is 2.35. The second kappa shape index (κ2) is 8.97. The second-order valence-corrected chi connectivity index (χ2v) is 7.52. The number of rotatable bonds is 6. The lowest BCUT2D eigenvalue weighted by Gasteiger charge is -2.15. The summed E-state index contributed by atoms with van der Waals surface area (Å²) < 4.78 is 11.5. The number of para-hydroxylation sites is 1. The molecule has 1 fully saturated rings. The number of thioether (sulfide) groups is 1. The molecule has 0 bridgehead atoms. The first-order chi connectivity index (χ1) is 13.5. The molecule has 3 rings (SSSR count). The van der Waals surface area contributed by atoms with Crippen molar-refractivity contribution in [1.29, 1.82) is 0 Å². The van der Waals surface area contributed by atoms with E-state index in [2.05, 4.69) is 4.99 Å². The number of benzene rings is 2. The molecule has 146 valence electrons. The summed E-state index contributed by atoms with van der Waals surface area (Å²) in [4.78, 5) is 19.4. The fraction of sp³-hybridized carbons (Fsp3) is 0.273. The van der Waals surface area contributed by atoms with Crippen molar-refractivity contribution in [3.05, 3.63) is 59.0 Å². The molecular formula is C22H24N2O3S. The fourth-order valence-corrected chi connectivity index (χ4v) is 3.64. The number of hydrogen-bond acceptors (Lipinski definition) is 5. The Labute approximate surface area is 170 Å². The molecule has 0 saturated carbocycles. The smallest absolute Gasteiger partial charge is 0.266 e. The summed E-state index contributed by atoms with van der Waals surface area (Å²) in [5.74, 6) is 1.31. The summed E-state index contributed by atoms with van der Waals surface area (Å²) in [7, 11) is 1.74. The zero-order chi connectivity index (χ0) is 20.1. The van der Waals surface area contributed by atoms with E-state index >= 15 is 0 Å². The maximum absolute atomic E-state index is 12.6. The van der Waals surface area contributed by atoms with Gasteiger partial charge in [-0.3, -0.25) is 9.69 Å². The van der Waals surface area contributed by atoms with E-state index in [0.717, 1.165) is 11.3 Å². The first-order valence-electron chi connectivity index (χ1n) is 9.22. The van der Waals surface area contributed by atoms with Gasteiger partial charge in [-0.25, -0.2) is 4.99 Å². The maximum atomic E-state index is 12.6. The number of likely N-dealkylation sites (N-methyl/N-ethyl adjacent to an activating group) is 1.